The highest BCUT2D eigenvalue weighted by molar-refractivity contribution is 6.17. The van der Waals surface area contributed by atoms with E-state index < -0.39 is 5.41 Å². The van der Waals surface area contributed by atoms with Crippen LogP contribution in [0.25, 0.3) is 0 Å². The van der Waals surface area contributed by atoms with Crippen molar-refractivity contribution >= 4 is 23.2 Å². The summed E-state index contributed by atoms with van der Waals surface area (Å²) in [7, 11) is 3.08. The van der Waals surface area contributed by atoms with Gasteiger partial charge in [-0.05, 0) is 42.0 Å². The van der Waals surface area contributed by atoms with Gasteiger partial charge in [0.2, 0.25) is 11.8 Å². The number of methoxy groups -OCH3 is 2. The molecule has 154 valence electrons. The second-order valence-electron chi connectivity index (χ2n) is 8.35. The number of nitrogens with one attached hydrogen (secondary N) is 2. The molecule has 0 atom stereocenters. The van der Waals surface area contributed by atoms with Crippen molar-refractivity contribution in [1.29, 1.82) is 0 Å². The molecule has 2 N–H and O–H groups in total. The van der Waals surface area contributed by atoms with Crippen LogP contribution in [-0.4, -0.2) is 26.0 Å². The average molecular weight is 396 g/mol. The number of ether oxygens (including phenoxy) is 2. The molecule has 0 heterocycles. The van der Waals surface area contributed by atoms with Crippen LogP contribution in [0, 0.1) is 5.41 Å². The summed E-state index contributed by atoms with van der Waals surface area (Å²) in [4.78, 5) is 26.0. The molecule has 2 amide bonds. The van der Waals surface area contributed by atoms with E-state index in [9.17, 15) is 9.59 Å². The highest BCUT2D eigenvalue weighted by Crippen LogP contribution is 2.48. The quantitative estimate of drug-likeness (QED) is 0.712. The molecule has 0 bridgehead atoms. The SMILES string of the molecule is COc1ccc(NC(=O)C2(C(=O)Nc3ccccc3C(C)(C)C)CC2)c(OC)c1. The lowest BCUT2D eigenvalue weighted by atomic mass is 9.85. The molecule has 6 heteroatoms. The Morgan fingerprint density at radius 3 is 2.07 bits per heavy atom. The lowest BCUT2D eigenvalue weighted by molar-refractivity contribution is -0.131. The fourth-order valence-electron chi connectivity index (χ4n) is 3.31. The first-order chi connectivity index (χ1) is 13.7. The van der Waals surface area contributed by atoms with Crippen LogP contribution >= 0.6 is 0 Å². The molecule has 29 heavy (non-hydrogen) atoms. The molecule has 6 nitrogen and oxygen atoms in total. The monoisotopic (exact) mass is 396 g/mol. The molecule has 0 aliphatic heterocycles. The number of anilines is 2. The van der Waals surface area contributed by atoms with Gasteiger partial charge in [0, 0.05) is 11.8 Å². The smallest absolute Gasteiger partial charge is 0.240 e. The Hall–Kier alpha value is -3.02. The largest absolute Gasteiger partial charge is 0.497 e. The van der Waals surface area contributed by atoms with E-state index in [0.717, 1.165) is 11.3 Å². The van der Waals surface area contributed by atoms with E-state index in [-0.39, 0.29) is 17.2 Å². The molecule has 0 unspecified atom stereocenters. The molecule has 1 saturated carbocycles. The number of rotatable bonds is 6. The van der Waals surface area contributed by atoms with Gasteiger partial charge in [-0.3, -0.25) is 9.59 Å². The van der Waals surface area contributed by atoms with Crippen molar-refractivity contribution in [3.8, 4) is 11.5 Å². The van der Waals surface area contributed by atoms with E-state index >= 15 is 0 Å². The fourth-order valence-corrected chi connectivity index (χ4v) is 3.31. The van der Waals surface area contributed by atoms with Crippen LogP contribution in [0.2, 0.25) is 0 Å². The maximum absolute atomic E-state index is 13.0. The first kappa shape index (κ1) is 20.7. The summed E-state index contributed by atoms with van der Waals surface area (Å²) in [6.45, 7) is 6.27. The topological polar surface area (TPSA) is 76.7 Å². The summed E-state index contributed by atoms with van der Waals surface area (Å²) in [5.41, 5.74) is 1.09. The Kier molecular flexibility index (Phi) is 5.55. The van der Waals surface area contributed by atoms with E-state index in [0.29, 0.717) is 30.0 Å². The summed E-state index contributed by atoms with van der Waals surface area (Å²) in [5, 5.41) is 5.83. The molecule has 0 spiro atoms. The second kappa shape index (κ2) is 7.78. The van der Waals surface area contributed by atoms with E-state index in [1.54, 1.807) is 25.3 Å². The average Bonchev–Trinajstić information content (AvgIpc) is 3.50. The Labute approximate surface area is 171 Å². The van der Waals surface area contributed by atoms with Gasteiger partial charge in [-0.15, -0.1) is 0 Å². The summed E-state index contributed by atoms with van der Waals surface area (Å²) >= 11 is 0. The molecular weight excluding hydrogens is 368 g/mol. The van der Waals surface area contributed by atoms with Gasteiger partial charge in [0.05, 0.1) is 19.9 Å². The highest BCUT2D eigenvalue weighted by atomic mass is 16.5. The summed E-state index contributed by atoms with van der Waals surface area (Å²) in [5.74, 6) is 0.496. The van der Waals surface area contributed by atoms with Crippen molar-refractivity contribution < 1.29 is 19.1 Å². The third-order valence-corrected chi connectivity index (χ3v) is 5.26. The minimum absolute atomic E-state index is 0.126. The first-order valence-electron chi connectivity index (χ1n) is 9.66. The van der Waals surface area contributed by atoms with Crippen molar-refractivity contribution in [2.24, 2.45) is 5.41 Å². The predicted octanol–water partition coefficient (Wildman–Crippen LogP) is 4.36. The van der Waals surface area contributed by atoms with Gasteiger partial charge < -0.3 is 20.1 Å². The molecule has 1 aliphatic rings. The Morgan fingerprint density at radius 2 is 1.52 bits per heavy atom. The van der Waals surface area contributed by atoms with Crippen molar-refractivity contribution in [2.45, 2.75) is 39.0 Å². The maximum atomic E-state index is 13.0. The fraction of sp³-hybridized carbons (Fsp3) is 0.391. The number of carbonyl (C=O) groups is 2. The zero-order valence-electron chi connectivity index (χ0n) is 17.6. The lowest BCUT2D eigenvalue weighted by Crippen LogP contribution is -2.36. The molecule has 1 aliphatic carbocycles. The summed E-state index contributed by atoms with van der Waals surface area (Å²) in [6, 6.07) is 12.8. The first-order valence-corrected chi connectivity index (χ1v) is 9.66. The molecule has 2 aromatic carbocycles. The van der Waals surface area contributed by atoms with Crippen LogP contribution in [0.3, 0.4) is 0 Å². The van der Waals surface area contributed by atoms with E-state index in [4.69, 9.17) is 9.47 Å². The van der Waals surface area contributed by atoms with Gasteiger partial charge in [0.25, 0.3) is 0 Å². The number of carbonyl (C=O) groups excluding carboxylic acids is 2. The molecular formula is C23H28N2O4. The molecule has 1 fully saturated rings. The van der Waals surface area contributed by atoms with Crippen molar-refractivity contribution in [2.75, 3.05) is 24.9 Å². The standard InChI is InChI=1S/C23H28N2O4/c1-22(2,3)16-8-6-7-9-17(16)24-20(26)23(12-13-23)21(27)25-18-11-10-15(28-4)14-19(18)29-5/h6-11,14H,12-13H2,1-5H3,(H,24,26)(H,25,27). The van der Waals surface area contributed by atoms with Gasteiger partial charge in [0.15, 0.2) is 0 Å². The van der Waals surface area contributed by atoms with Crippen LogP contribution in [0.1, 0.15) is 39.2 Å². The van der Waals surface area contributed by atoms with Crippen molar-refractivity contribution in [3.63, 3.8) is 0 Å². The van der Waals surface area contributed by atoms with Crippen LogP contribution in [-0.2, 0) is 15.0 Å². The molecule has 0 radical (unpaired) electrons. The lowest BCUT2D eigenvalue weighted by Gasteiger charge is -2.24. The van der Waals surface area contributed by atoms with E-state index in [1.807, 2.05) is 24.3 Å². The third-order valence-electron chi connectivity index (χ3n) is 5.26. The minimum atomic E-state index is -1.06. The second-order valence-corrected chi connectivity index (χ2v) is 8.35. The van der Waals surface area contributed by atoms with Gasteiger partial charge in [-0.25, -0.2) is 0 Å². The highest BCUT2D eigenvalue weighted by Gasteiger charge is 2.56. The predicted molar refractivity (Wildman–Crippen MR) is 114 cm³/mol. The van der Waals surface area contributed by atoms with Crippen LogP contribution in [0.5, 0.6) is 11.5 Å². The number of hydrogen-bond acceptors (Lipinski definition) is 4. The van der Waals surface area contributed by atoms with Crippen molar-refractivity contribution in [3.05, 3.63) is 48.0 Å². The Bertz CT molecular complexity index is 927. The number of para-hydroxylation sites is 1. The Balaban J connectivity index is 1.78. The van der Waals surface area contributed by atoms with Crippen LogP contribution < -0.4 is 20.1 Å². The van der Waals surface area contributed by atoms with E-state index in [2.05, 4.69) is 31.4 Å². The van der Waals surface area contributed by atoms with E-state index in [1.165, 1.54) is 7.11 Å². The van der Waals surface area contributed by atoms with Crippen molar-refractivity contribution in [1.82, 2.24) is 0 Å². The normalized spacial score (nSPS) is 14.7. The Morgan fingerprint density at radius 1 is 0.897 bits per heavy atom. The van der Waals surface area contributed by atoms with Crippen LogP contribution in [0.4, 0.5) is 11.4 Å². The zero-order chi connectivity index (χ0) is 21.2. The van der Waals surface area contributed by atoms with Gasteiger partial charge in [0.1, 0.15) is 16.9 Å². The van der Waals surface area contributed by atoms with Gasteiger partial charge in [-0.2, -0.15) is 0 Å². The molecule has 0 aromatic heterocycles. The molecule has 3 rings (SSSR count). The zero-order valence-corrected chi connectivity index (χ0v) is 17.6. The summed E-state index contributed by atoms with van der Waals surface area (Å²) < 4.78 is 10.5. The molecule has 2 aromatic rings. The summed E-state index contributed by atoms with van der Waals surface area (Å²) in [6.07, 6.45) is 1.03. The van der Waals surface area contributed by atoms with Gasteiger partial charge >= 0.3 is 0 Å². The van der Waals surface area contributed by atoms with Gasteiger partial charge in [-0.1, -0.05) is 39.0 Å². The van der Waals surface area contributed by atoms with Crippen LogP contribution in [0.15, 0.2) is 42.5 Å². The maximum Gasteiger partial charge on any atom is 0.240 e. The molecule has 0 saturated heterocycles. The number of amides is 2. The third kappa shape index (κ3) is 4.21. The number of hydrogen-bond donors (Lipinski definition) is 2. The minimum Gasteiger partial charge on any atom is -0.497 e. The number of benzene rings is 2.